The Kier molecular flexibility index (Phi) is 9.90. The molecule has 0 unspecified atom stereocenters. The van der Waals surface area contributed by atoms with Crippen LogP contribution in [0.2, 0.25) is 0 Å². The van der Waals surface area contributed by atoms with Gasteiger partial charge < -0.3 is 10.2 Å². The molecule has 0 aliphatic carbocycles. The molecular weight excluding hydrogens is 648 g/mol. The van der Waals surface area contributed by atoms with E-state index >= 15 is 0 Å². The molecule has 3 aromatic rings. The molecule has 0 radical (unpaired) electrons. The zero-order valence-corrected chi connectivity index (χ0v) is 26.6. The molecule has 1 amide bonds. The molecule has 1 aromatic heterocycles. The van der Waals surface area contributed by atoms with Crippen LogP contribution in [-0.4, -0.2) is 79.7 Å². The summed E-state index contributed by atoms with van der Waals surface area (Å²) in [6.45, 7) is 6.59. The highest BCUT2D eigenvalue weighted by atomic mass is 32.2. The first kappa shape index (κ1) is 34.6. The van der Waals surface area contributed by atoms with E-state index in [1.54, 1.807) is 12.1 Å². The number of halogens is 6. The van der Waals surface area contributed by atoms with E-state index in [-0.39, 0.29) is 6.54 Å². The van der Waals surface area contributed by atoms with Gasteiger partial charge >= 0.3 is 6.18 Å². The van der Waals surface area contributed by atoms with Crippen LogP contribution in [-0.2, 0) is 27.5 Å². The number of piperazine rings is 1. The second-order valence-electron chi connectivity index (χ2n) is 12.3. The molecule has 2 aliphatic rings. The molecule has 254 valence electrons. The first-order valence-corrected chi connectivity index (χ1v) is 16.5. The summed E-state index contributed by atoms with van der Waals surface area (Å²) in [6, 6.07) is 9.72. The highest BCUT2D eigenvalue weighted by molar-refractivity contribution is 7.89. The molecule has 0 spiro atoms. The van der Waals surface area contributed by atoms with Crippen LogP contribution in [0, 0.1) is 11.7 Å². The Labute approximate surface area is 269 Å². The summed E-state index contributed by atoms with van der Waals surface area (Å²) in [4.78, 5) is 21.9. The molecule has 5 rings (SSSR count). The largest absolute Gasteiger partial charge is 0.416 e. The van der Waals surface area contributed by atoms with Crippen molar-refractivity contribution in [3.8, 4) is 11.3 Å². The van der Waals surface area contributed by atoms with Gasteiger partial charge in [-0.25, -0.2) is 26.6 Å². The van der Waals surface area contributed by atoms with Crippen molar-refractivity contribution >= 4 is 21.7 Å². The third kappa shape index (κ3) is 8.25. The number of nitrogens with one attached hydrogen (secondary N) is 1. The lowest BCUT2D eigenvalue weighted by Crippen LogP contribution is -2.47. The van der Waals surface area contributed by atoms with Gasteiger partial charge in [-0.1, -0.05) is 26.0 Å². The van der Waals surface area contributed by atoms with Crippen LogP contribution in [0.25, 0.3) is 11.3 Å². The van der Waals surface area contributed by atoms with Crippen molar-refractivity contribution in [1.82, 2.24) is 19.5 Å². The highest BCUT2D eigenvalue weighted by Crippen LogP contribution is 2.36. The zero-order chi connectivity index (χ0) is 34.1. The molecule has 2 saturated heterocycles. The Bertz CT molecular complexity index is 1680. The van der Waals surface area contributed by atoms with Crippen molar-refractivity contribution < 1.29 is 39.6 Å². The summed E-state index contributed by atoms with van der Waals surface area (Å²) in [7, 11) is -4.57. The maximum Gasteiger partial charge on any atom is 0.416 e. The van der Waals surface area contributed by atoms with Crippen LogP contribution < -0.4 is 10.2 Å². The maximum absolute atomic E-state index is 14.5. The Hall–Kier alpha value is -3.69. The molecule has 3 heterocycles. The van der Waals surface area contributed by atoms with Crippen molar-refractivity contribution in [3.63, 3.8) is 0 Å². The number of nitrogens with zero attached hydrogens (tertiary/aromatic N) is 4. The van der Waals surface area contributed by atoms with Gasteiger partial charge in [0.2, 0.25) is 15.9 Å². The average molecular weight is 684 g/mol. The van der Waals surface area contributed by atoms with Gasteiger partial charge in [-0.2, -0.15) is 17.5 Å². The van der Waals surface area contributed by atoms with Crippen LogP contribution >= 0.6 is 0 Å². The quantitative estimate of drug-likeness (QED) is 0.305. The number of pyridine rings is 1. The molecule has 47 heavy (non-hydrogen) atoms. The van der Waals surface area contributed by atoms with Gasteiger partial charge in [0.05, 0.1) is 22.7 Å². The Balaban J connectivity index is 1.39. The van der Waals surface area contributed by atoms with Crippen molar-refractivity contribution in [1.29, 1.82) is 0 Å². The molecule has 0 saturated carbocycles. The molecule has 2 aromatic carbocycles. The number of alkyl halides is 5. The topological polar surface area (TPSA) is 85.9 Å². The minimum Gasteiger partial charge on any atom is -0.354 e. The Morgan fingerprint density at radius 1 is 1.00 bits per heavy atom. The summed E-state index contributed by atoms with van der Waals surface area (Å²) >= 11 is 0. The van der Waals surface area contributed by atoms with Crippen LogP contribution in [0.1, 0.15) is 31.4 Å². The normalized spacial score (nSPS) is 19.3. The maximum atomic E-state index is 14.5. The van der Waals surface area contributed by atoms with Gasteiger partial charge in [0.1, 0.15) is 17.7 Å². The van der Waals surface area contributed by atoms with Gasteiger partial charge in [-0.05, 0) is 60.0 Å². The van der Waals surface area contributed by atoms with E-state index < -0.39 is 63.3 Å². The molecule has 1 N–H and O–H groups in total. The van der Waals surface area contributed by atoms with E-state index in [0.717, 1.165) is 56.0 Å². The van der Waals surface area contributed by atoms with Crippen LogP contribution in [0.15, 0.2) is 65.6 Å². The smallest absolute Gasteiger partial charge is 0.354 e. The number of hydrogen-bond donors (Lipinski definition) is 1. The predicted octanol–water partition coefficient (Wildman–Crippen LogP) is 5.40. The molecule has 0 bridgehead atoms. The number of carbonyl (C=O) groups is 1. The lowest BCUT2D eigenvalue weighted by Gasteiger charge is -2.36. The lowest BCUT2D eigenvalue weighted by molar-refractivity contribution is -0.137. The minimum absolute atomic E-state index is 0.193. The number of amides is 1. The van der Waals surface area contributed by atoms with Gasteiger partial charge in [0.25, 0.3) is 5.92 Å². The van der Waals surface area contributed by atoms with Crippen LogP contribution in [0.4, 0.5) is 32.2 Å². The Morgan fingerprint density at radius 2 is 1.64 bits per heavy atom. The summed E-state index contributed by atoms with van der Waals surface area (Å²) < 4.78 is 109. The first-order chi connectivity index (χ1) is 22.0. The van der Waals surface area contributed by atoms with Crippen molar-refractivity contribution in [2.24, 2.45) is 5.92 Å². The highest BCUT2D eigenvalue weighted by Gasteiger charge is 2.53. The average Bonchev–Trinajstić information content (AvgIpc) is 3.36. The van der Waals surface area contributed by atoms with Crippen molar-refractivity contribution in [2.45, 2.75) is 49.8 Å². The van der Waals surface area contributed by atoms with E-state index in [9.17, 15) is 39.6 Å². The van der Waals surface area contributed by atoms with E-state index in [1.165, 1.54) is 12.1 Å². The van der Waals surface area contributed by atoms with Gasteiger partial charge in [0.15, 0.2) is 0 Å². The van der Waals surface area contributed by atoms with Gasteiger partial charge in [-0.15, -0.1) is 0 Å². The predicted molar refractivity (Wildman–Crippen MR) is 164 cm³/mol. The summed E-state index contributed by atoms with van der Waals surface area (Å²) in [6.07, 6.45) is -5.56. The van der Waals surface area contributed by atoms with E-state index in [4.69, 9.17) is 4.98 Å². The number of benzene rings is 2. The second-order valence-corrected chi connectivity index (χ2v) is 14.2. The monoisotopic (exact) mass is 683 g/mol. The van der Waals surface area contributed by atoms with E-state index in [0.29, 0.717) is 46.0 Å². The van der Waals surface area contributed by atoms with Crippen LogP contribution in [0.3, 0.4) is 0 Å². The first-order valence-electron chi connectivity index (χ1n) is 15.1. The van der Waals surface area contributed by atoms with Gasteiger partial charge in [0, 0.05) is 51.3 Å². The van der Waals surface area contributed by atoms with Crippen LogP contribution in [0.5, 0.6) is 0 Å². The number of hydrogen-bond acceptors (Lipinski definition) is 6. The zero-order valence-electron chi connectivity index (χ0n) is 25.8. The Morgan fingerprint density at radius 3 is 2.23 bits per heavy atom. The molecule has 2 aliphatic heterocycles. The SMILES string of the molecule is CC(C)CN1CCN(c2cc(CNC(=O)[C@@H]3CC(F)(F)CN3S(=O)(=O)c3ccc(F)cc3)cc(-c3ccc(C(F)(F)F)cc3)n2)CC1. The molecular formula is C32H35F6N5O3S. The second kappa shape index (κ2) is 13.4. The summed E-state index contributed by atoms with van der Waals surface area (Å²) in [5, 5.41) is 2.57. The van der Waals surface area contributed by atoms with Gasteiger partial charge in [-0.3, -0.25) is 9.69 Å². The summed E-state index contributed by atoms with van der Waals surface area (Å²) in [5.74, 6) is -4.13. The number of carbonyl (C=O) groups excluding carboxylic acids is 1. The third-order valence-corrected chi connectivity index (χ3v) is 9.98. The number of rotatable bonds is 9. The number of aromatic nitrogens is 1. The fourth-order valence-electron chi connectivity index (χ4n) is 5.80. The fraction of sp³-hybridized carbons (Fsp3) is 0.438. The molecule has 2 fully saturated rings. The third-order valence-electron chi connectivity index (χ3n) is 8.12. The fourth-order valence-corrected chi connectivity index (χ4v) is 7.42. The molecule has 1 atom stereocenters. The standard InChI is InChI=1S/C32H35F6N5O3S/c1-21(2)19-41-11-13-42(14-12-41)29-16-22(15-27(40-29)23-3-5-24(6-4-23)32(36,37)38)18-39-30(44)28-17-31(34,35)20-43(28)47(45,46)26-9-7-25(33)8-10-26/h3-10,15-16,21,28H,11-14,17-20H2,1-2H3,(H,39,44)/t28-/m0/s1. The summed E-state index contributed by atoms with van der Waals surface area (Å²) in [5.41, 5.74) is 0.413. The van der Waals surface area contributed by atoms with Crippen molar-refractivity contribution in [2.75, 3.05) is 44.2 Å². The number of anilines is 1. The van der Waals surface area contributed by atoms with E-state index in [1.807, 2.05) is 4.90 Å². The minimum atomic E-state index is -4.57. The van der Waals surface area contributed by atoms with E-state index in [2.05, 4.69) is 24.1 Å². The van der Waals surface area contributed by atoms with Crippen molar-refractivity contribution in [3.05, 3.63) is 77.6 Å². The lowest BCUT2D eigenvalue weighted by atomic mass is 10.1. The molecule has 15 heteroatoms. The molecule has 8 nitrogen and oxygen atoms in total. The number of sulfonamides is 1.